The number of allylic oxidation sites excluding steroid dienone is 3. The van der Waals surface area contributed by atoms with Crippen LogP contribution in [0.2, 0.25) is 0 Å². The van der Waals surface area contributed by atoms with Crippen LogP contribution in [0.1, 0.15) is 245 Å². The van der Waals surface area contributed by atoms with E-state index in [4.69, 9.17) is 9.47 Å². The molecule has 7 unspecified atom stereocenters. The van der Waals surface area contributed by atoms with E-state index in [9.17, 15) is 30.3 Å². The molecule has 1 amide bonds. The first-order valence-electron chi connectivity index (χ1n) is 26.1. The molecule has 0 radical (unpaired) electrons. The third-order valence-corrected chi connectivity index (χ3v) is 12.5. The van der Waals surface area contributed by atoms with Crippen molar-refractivity contribution in [3.05, 3.63) is 24.3 Å². The molecular weight excluding hydrogens is 767 g/mol. The Kier molecular flexibility index (Phi) is 40.3. The first-order chi connectivity index (χ1) is 29.8. The highest BCUT2D eigenvalue weighted by atomic mass is 16.7. The molecule has 0 saturated carbocycles. The van der Waals surface area contributed by atoms with Crippen molar-refractivity contribution < 1.29 is 39.8 Å². The largest absolute Gasteiger partial charge is 0.394 e. The molecule has 1 fully saturated rings. The standard InChI is InChI=1S/C52H99NO8/c1-3-5-7-9-11-13-15-17-19-21-23-24-26-28-30-32-34-36-38-40-42-48(56)53-45(44-60-52-51(59)50(58)49(57)47(43-54)61-52)46(55)41-39-37-35-33-31-29-27-25-22-20-18-16-14-12-10-8-6-4-2/h31,33,39,41,45-47,49-52,54-55,57-59H,3-30,32,34-38,40,42-44H2,1-2H3,(H,53,56)/b33-31+,41-39+. The van der Waals surface area contributed by atoms with Gasteiger partial charge in [0.25, 0.3) is 0 Å². The van der Waals surface area contributed by atoms with E-state index in [1.165, 1.54) is 186 Å². The fourth-order valence-corrected chi connectivity index (χ4v) is 8.35. The second-order valence-electron chi connectivity index (χ2n) is 18.3. The van der Waals surface area contributed by atoms with Crippen molar-refractivity contribution in [1.82, 2.24) is 5.32 Å². The lowest BCUT2D eigenvalue weighted by molar-refractivity contribution is -0.302. The summed E-state index contributed by atoms with van der Waals surface area (Å²) in [5.74, 6) is -0.182. The van der Waals surface area contributed by atoms with Crippen molar-refractivity contribution in [1.29, 1.82) is 0 Å². The zero-order valence-electron chi connectivity index (χ0n) is 39.7. The maximum Gasteiger partial charge on any atom is 0.220 e. The first kappa shape index (κ1) is 57.7. The van der Waals surface area contributed by atoms with E-state index in [0.29, 0.717) is 6.42 Å². The van der Waals surface area contributed by atoms with Crippen molar-refractivity contribution in [3.63, 3.8) is 0 Å². The molecule has 1 aliphatic heterocycles. The number of rotatable bonds is 44. The van der Waals surface area contributed by atoms with Gasteiger partial charge in [-0.1, -0.05) is 231 Å². The normalized spacial score (nSPS) is 20.5. The van der Waals surface area contributed by atoms with E-state index >= 15 is 0 Å². The summed E-state index contributed by atoms with van der Waals surface area (Å²) in [5, 5.41) is 54.3. The summed E-state index contributed by atoms with van der Waals surface area (Å²) in [6.07, 6.45) is 45.1. The molecule has 1 rings (SSSR count). The Morgan fingerprint density at radius 3 is 1.38 bits per heavy atom. The summed E-state index contributed by atoms with van der Waals surface area (Å²) in [5.41, 5.74) is 0. The highest BCUT2D eigenvalue weighted by Crippen LogP contribution is 2.23. The van der Waals surface area contributed by atoms with E-state index < -0.39 is 49.5 Å². The molecule has 9 nitrogen and oxygen atoms in total. The monoisotopic (exact) mass is 866 g/mol. The van der Waals surface area contributed by atoms with Gasteiger partial charge in [0.2, 0.25) is 5.91 Å². The van der Waals surface area contributed by atoms with E-state index in [-0.39, 0.29) is 12.5 Å². The number of amides is 1. The van der Waals surface area contributed by atoms with Crippen LogP contribution in [0.25, 0.3) is 0 Å². The van der Waals surface area contributed by atoms with Gasteiger partial charge in [-0.05, 0) is 32.1 Å². The van der Waals surface area contributed by atoms with Gasteiger partial charge in [-0.25, -0.2) is 0 Å². The highest BCUT2D eigenvalue weighted by molar-refractivity contribution is 5.76. The van der Waals surface area contributed by atoms with Crippen LogP contribution in [0.3, 0.4) is 0 Å². The number of aliphatic hydroxyl groups is 5. The molecular formula is C52H99NO8. The van der Waals surface area contributed by atoms with Gasteiger partial charge in [0.1, 0.15) is 24.4 Å². The number of hydrogen-bond acceptors (Lipinski definition) is 8. The van der Waals surface area contributed by atoms with Crippen LogP contribution in [-0.2, 0) is 14.3 Å². The summed E-state index contributed by atoms with van der Waals surface area (Å²) < 4.78 is 11.2. The predicted octanol–water partition coefficient (Wildman–Crippen LogP) is 11.8. The van der Waals surface area contributed by atoms with Gasteiger partial charge in [0.15, 0.2) is 6.29 Å². The topological polar surface area (TPSA) is 149 Å². The van der Waals surface area contributed by atoms with E-state index in [2.05, 4.69) is 31.3 Å². The molecule has 0 spiro atoms. The van der Waals surface area contributed by atoms with E-state index in [0.717, 1.165) is 38.5 Å². The lowest BCUT2D eigenvalue weighted by atomic mass is 9.99. The molecule has 9 heteroatoms. The van der Waals surface area contributed by atoms with E-state index in [1.807, 2.05) is 6.08 Å². The second-order valence-corrected chi connectivity index (χ2v) is 18.3. The summed E-state index contributed by atoms with van der Waals surface area (Å²) in [6, 6.07) is -0.817. The van der Waals surface area contributed by atoms with Gasteiger partial charge < -0.3 is 40.3 Å². The minimum atomic E-state index is -1.57. The van der Waals surface area contributed by atoms with Gasteiger partial charge in [-0.2, -0.15) is 0 Å². The fraction of sp³-hybridized carbons (Fsp3) is 0.904. The van der Waals surface area contributed by atoms with E-state index in [1.54, 1.807) is 6.08 Å². The van der Waals surface area contributed by atoms with Crippen molar-refractivity contribution in [2.75, 3.05) is 13.2 Å². The van der Waals surface area contributed by atoms with Crippen LogP contribution < -0.4 is 5.32 Å². The van der Waals surface area contributed by atoms with Gasteiger partial charge in [0, 0.05) is 6.42 Å². The number of unbranched alkanes of at least 4 members (excludes halogenated alkanes) is 32. The summed E-state index contributed by atoms with van der Waals surface area (Å²) >= 11 is 0. The Morgan fingerprint density at radius 2 is 0.934 bits per heavy atom. The third-order valence-electron chi connectivity index (χ3n) is 12.5. The predicted molar refractivity (Wildman–Crippen MR) is 253 cm³/mol. The summed E-state index contributed by atoms with van der Waals surface area (Å²) in [7, 11) is 0. The molecule has 1 heterocycles. The van der Waals surface area contributed by atoms with Crippen molar-refractivity contribution in [2.24, 2.45) is 0 Å². The average molecular weight is 866 g/mol. The Hall–Kier alpha value is -1.33. The van der Waals surface area contributed by atoms with Gasteiger partial charge >= 0.3 is 0 Å². The quantitative estimate of drug-likeness (QED) is 0.0262. The molecule has 360 valence electrons. The van der Waals surface area contributed by atoms with Crippen LogP contribution >= 0.6 is 0 Å². The number of carbonyl (C=O) groups excluding carboxylic acids is 1. The molecule has 0 aromatic carbocycles. The zero-order valence-corrected chi connectivity index (χ0v) is 39.7. The van der Waals surface area contributed by atoms with Crippen LogP contribution in [0, 0.1) is 0 Å². The molecule has 0 aromatic rings. The third kappa shape index (κ3) is 32.9. The van der Waals surface area contributed by atoms with Gasteiger partial charge in [-0.3, -0.25) is 4.79 Å². The number of ether oxygens (including phenoxy) is 2. The molecule has 7 atom stereocenters. The molecule has 0 bridgehead atoms. The van der Waals surface area contributed by atoms with Crippen molar-refractivity contribution in [3.8, 4) is 0 Å². The highest BCUT2D eigenvalue weighted by Gasteiger charge is 2.44. The van der Waals surface area contributed by atoms with Crippen LogP contribution in [0.5, 0.6) is 0 Å². The number of hydrogen-bond donors (Lipinski definition) is 6. The van der Waals surface area contributed by atoms with Crippen molar-refractivity contribution >= 4 is 5.91 Å². The average Bonchev–Trinajstić information content (AvgIpc) is 3.26. The smallest absolute Gasteiger partial charge is 0.220 e. The Balaban J connectivity index is 2.30. The maximum atomic E-state index is 13.0. The summed E-state index contributed by atoms with van der Waals surface area (Å²) in [4.78, 5) is 13.0. The van der Waals surface area contributed by atoms with Crippen LogP contribution in [-0.4, -0.2) is 87.5 Å². The molecule has 61 heavy (non-hydrogen) atoms. The number of carbonyl (C=O) groups is 1. The van der Waals surface area contributed by atoms with Gasteiger partial charge in [-0.15, -0.1) is 0 Å². The summed E-state index contributed by atoms with van der Waals surface area (Å²) in [6.45, 7) is 3.78. The van der Waals surface area contributed by atoms with Crippen molar-refractivity contribution in [2.45, 2.75) is 288 Å². The number of nitrogens with one attached hydrogen (secondary N) is 1. The maximum absolute atomic E-state index is 13.0. The molecule has 1 aliphatic rings. The second kappa shape index (κ2) is 42.6. The minimum Gasteiger partial charge on any atom is -0.394 e. The Labute approximate surface area is 375 Å². The SMILES string of the molecule is CCCCCCCCCCCCCC/C=C/CC/C=C/C(O)C(COC1OC(CO)C(O)C(O)C1O)NC(=O)CCCCCCCCCCCCCCCCCCCCCC. The lowest BCUT2D eigenvalue weighted by Gasteiger charge is -2.40. The van der Waals surface area contributed by atoms with Gasteiger partial charge in [0.05, 0.1) is 25.4 Å². The number of aliphatic hydroxyl groups excluding tert-OH is 5. The molecule has 0 aliphatic carbocycles. The molecule has 1 saturated heterocycles. The zero-order chi connectivity index (χ0) is 44.4. The van der Waals surface area contributed by atoms with Crippen LogP contribution in [0.4, 0.5) is 0 Å². The Morgan fingerprint density at radius 1 is 0.541 bits per heavy atom. The Bertz CT molecular complexity index is 1010. The first-order valence-corrected chi connectivity index (χ1v) is 26.1. The molecule has 0 aromatic heterocycles. The molecule has 6 N–H and O–H groups in total. The fourth-order valence-electron chi connectivity index (χ4n) is 8.35. The van der Waals surface area contributed by atoms with Crippen LogP contribution in [0.15, 0.2) is 24.3 Å². The lowest BCUT2D eigenvalue weighted by Crippen LogP contribution is -2.60. The minimum absolute atomic E-state index is 0.182.